The molecule has 0 radical (unpaired) electrons. The zero-order chi connectivity index (χ0) is 23.9. The highest BCUT2D eigenvalue weighted by Crippen LogP contribution is 2.06. The summed E-state index contributed by atoms with van der Waals surface area (Å²) in [7, 11) is 0. The molecule has 0 spiro atoms. The molecular weight excluding hydrogens is 414 g/mol. The van der Waals surface area contributed by atoms with E-state index in [0.717, 1.165) is 5.56 Å². The Morgan fingerprint density at radius 2 is 1.59 bits per heavy atom. The molecule has 0 saturated carbocycles. The number of carboxylic acid groups (broad SMARTS) is 1. The van der Waals surface area contributed by atoms with Crippen LogP contribution in [0.25, 0.3) is 0 Å². The van der Waals surface area contributed by atoms with Crippen molar-refractivity contribution in [2.24, 2.45) is 17.2 Å². The molecule has 1 aromatic rings. The molecule has 0 aliphatic carbocycles. The Bertz CT molecular complexity index is 745. The first-order valence-corrected chi connectivity index (χ1v) is 10.7. The predicted octanol–water partition coefficient (Wildman–Crippen LogP) is -0.997. The molecular formula is C21H35N7O4. The maximum absolute atomic E-state index is 12.8. The fourth-order valence-electron chi connectivity index (χ4n) is 3.06. The van der Waals surface area contributed by atoms with E-state index in [4.69, 9.17) is 22.6 Å². The third kappa shape index (κ3) is 10.7. The number of guanidine groups is 1. The van der Waals surface area contributed by atoms with Gasteiger partial charge >= 0.3 is 5.97 Å². The van der Waals surface area contributed by atoms with Gasteiger partial charge in [-0.2, -0.15) is 0 Å². The topological polar surface area (TPSA) is 209 Å². The molecule has 1 rings (SSSR count). The highest BCUT2D eigenvalue weighted by Gasteiger charge is 2.27. The number of amides is 2. The van der Waals surface area contributed by atoms with Crippen LogP contribution in [0, 0.1) is 5.41 Å². The monoisotopic (exact) mass is 449 g/mol. The Hall–Kier alpha value is -3.18. The molecule has 0 aliphatic rings. The molecule has 0 aliphatic heterocycles. The molecule has 3 atom stereocenters. The van der Waals surface area contributed by atoms with Crippen molar-refractivity contribution in [1.29, 1.82) is 5.41 Å². The number of rotatable bonds is 15. The minimum Gasteiger partial charge on any atom is -0.480 e. The van der Waals surface area contributed by atoms with Gasteiger partial charge in [0.25, 0.3) is 0 Å². The Morgan fingerprint density at radius 1 is 0.969 bits per heavy atom. The van der Waals surface area contributed by atoms with Gasteiger partial charge in [-0.05, 0) is 50.6 Å². The second-order valence-electron chi connectivity index (χ2n) is 7.52. The zero-order valence-electron chi connectivity index (χ0n) is 18.2. The number of carbonyl (C=O) groups is 3. The number of benzene rings is 1. The molecule has 32 heavy (non-hydrogen) atoms. The van der Waals surface area contributed by atoms with Crippen LogP contribution in [0.1, 0.15) is 37.7 Å². The SMILES string of the molecule is N=C(N)NCCC[C@H](NC(=O)[C@@H](N)Cc1ccccc1)C(=O)N[C@@H](CCCCN)C(=O)O. The molecule has 0 fully saturated rings. The van der Waals surface area contributed by atoms with E-state index in [1.807, 2.05) is 30.3 Å². The maximum atomic E-state index is 12.8. The molecule has 11 heteroatoms. The summed E-state index contributed by atoms with van der Waals surface area (Å²) in [5.74, 6) is -2.47. The minimum absolute atomic E-state index is 0.203. The van der Waals surface area contributed by atoms with E-state index < -0.39 is 35.9 Å². The average Bonchev–Trinajstić information content (AvgIpc) is 2.75. The molecule has 0 unspecified atom stereocenters. The first kappa shape index (κ1) is 26.9. The van der Waals surface area contributed by atoms with E-state index >= 15 is 0 Å². The van der Waals surface area contributed by atoms with Crippen LogP contribution in [0.2, 0.25) is 0 Å². The van der Waals surface area contributed by atoms with Gasteiger partial charge < -0.3 is 38.3 Å². The normalized spacial score (nSPS) is 13.4. The summed E-state index contributed by atoms with van der Waals surface area (Å²) >= 11 is 0. The van der Waals surface area contributed by atoms with E-state index in [1.54, 1.807) is 0 Å². The Balaban J connectivity index is 2.78. The molecule has 178 valence electrons. The van der Waals surface area contributed by atoms with Crippen LogP contribution in [0.4, 0.5) is 0 Å². The fraction of sp³-hybridized carbons (Fsp3) is 0.524. The van der Waals surface area contributed by atoms with Crippen LogP contribution in [0.5, 0.6) is 0 Å². The van der Waals surface area contributed by atoms with Gasteiger partial charge in [-0.1, -0.05) is 30.3 Å². The molecule has 2 amide bonds. The van der Waals surface area contributed by atoms with Crippen molar-refractivity contribution in [2.75, 3.05) is 13.1 Å². The average molecular weight is 450 g/mol. The highest BCUT2D eigenvalue weighted by molar-refractivity contribution is 5.91. The second-order valence-corrected chi connectivity index (χ2v) is 7.52. The van der Waals surface area contributed by atoms with E-state index in [2.05, 4.69) is 16.0 Å². The summed E-state index contributed by atoms with van der Waals surface area (Å²) in [6, 6.07) is 6.31. The zero-order valence-corrected chi connectivity index (χ0v) is 18.2. The Kier molecular flexibility index (Phi) is 12.4. The van der Waals surface area contributed by atoms with Crippen molar-refractivity contribution in [3.05, 3.63) is 35.9 Å². The van der Waals surface area contributed by atoms with Gasteiger partial charge in [-0.3, -0.25) is 15.0 Å². The molecule has 0 bridgehead atoms. The van der Waals surface area contributed by atoms with E-state index in [1.165, 1.54) is 0 Å². The highest BCUT2D eigenvalue weighted by atomic mass is 16.4. The van der Waals surface area contributed by atoms with Crippen molar-refractivity contribution >= 4 is 23.7 Å². The van der Waals surface area contributed by atoms with Crippen LogP contribution in [0.15, 0.2) is 30.3 Å². The summed E-state index contributed by atoms with van der Waals surface area (Å²) < 4.78 is 0. The molecule has 0 heterocycles. The Labute approximate surface area is 188 Å². The lowest BCUT2D eigenvalue weighted by atomic mass is 10.0. The van der Waals surface area contributed by atoms with Gasteiger partial charge in [0.05, 0.1) is 6.04 Å². The van der Waals surface area contributed by atoms with E-state index in [9.17, 15) is 19.5 Å². The third-order valence-corrected chi connectivity index (χ3v) is 4.81. The first-order valence-electron chi connectivity index (χ1n) is 10.7. The standard InChI is InChI=1S/C21H35N7O4/c22-11-5-4-9-17(20(31)32)28-19(30)16(10-6-12-26-21(24)25)27-18(29)15(23)13-14-7-2-1-3-8-14/h1-3,7-8,15-17H,4-6,9-13,22-23H2,(H,27,29)(H,28,30)(H,31,32)(H4,24,25,26)/t15-,16-,17-/m0/s1. The third-order valence-electron chi connectivity index (χ3n) is 4.81. The largest absolute Gasteiger partial charge is 0.480 e. The number of carboxylic acids is 1. The Morgan fingerprint density at radius 3 is 2.19 bits per heavy atom. The molecule has 1 aromatic carbocycles. The lowest BCUT2D eigenvalue weighted by Crippen LogP contribution is -2.54. The van der Waals surface area contributed by atoms with Crippen LogP contribution in [-0.4, -0.2) is 60.1 Å². The summed E-state index contributed by atoms with van der Waals surface area (Å²) in [4.78, 5) is 36.9. The molecule has 11 N–H and O–H groups in total. The lowest BCUT2D eigenvalue weighted by molar-refractivity contribution is -0.142. The van der Waals surface area contributed by atoms with Crippen molar-refractivity contribution in [2.45, 2.75) is 56.7 Å². The summed E-state index contributed by atoms with van der Waals surface area (Å²) in [5.41, 5.74) is 17.6. The number of nitrogens with two attached hydrogens (primary N) is 3. The van der Waals surface area contributed by atoms with E-state index in [0.29, 0.717) is 38.8 Å². The van der Waals surface area contributed by atoms with Crippen molar-refractivity contribution < 1.29 is 19.5 Å². The summed E-state index contributed by atoms with van der Waals surface area (Å²) in [6.45, 7) is 0.755. The summed E-state index contributed by atoms with van der Waals surface area (Å²) in [6.07, 6.45) is 2.35. The van der Waals surface area contributed by atoms with Gasteiger partial charge in [-0.15, -0.1) is 0 Å². The number of aliphatic carboxylic acids is 1. The van der Waals surface area contributed by atoms with Gasteiger partial charge in [0.15, 0.2) is 5.96 Å². The fourth-order valence-corrected chi connectivity index (χ4v) is 3.06. The first-order chi connectivity index (χ1) is 15.2. The van der Waals surface area contributed by atoms with E-state index in [-0.39, 0.29) is 18.8 Å². The molecule has 0 saturated heterocycles. The summed E-state index contributed by atoms with van der Waals surface area (Å²) in [5, 5.41) is 24.4. The number of nitrogens with one attached hydrogen (secondary N) is 4. The number of hydrogen-bond acceptors (Lipinski definition) is 6. The van der Waals surface area contributed by atoms with Gasteiger partial charge in [0.1, 0.15) is 12.1 Å². The number of carbonyl (C=O) groups excluding carboxylic acids is 2. The van der Waals surface area contributed by atoms with Crippen molar-refractivity contribution in [3.63, 3.8) is 0 Å². The van der Waals surface area contributed by atoms with Crippen LogP contribution in [0.3, 0.4) is 0 Å². The molecule has 0 aromatic heterocycles. The molecule has 11 nitrogen and oxygen atoms in total. The van der Waals surface area contributed by atoms with Gasteiger partial charge in [-0.25, -0.2) is 4.79 Å². The van der Waals surface area contributed by atoms with Gasteiger partial charge in [0.2, 0.25) is 11.8 Å². The number of unbranched alkanes of at least 4 members (excludes halogenated alkanes) is 1. The quantitative estimate of drug-likeness (QED) is 0.0943. The smallest absolute Gasteiger partial charge is 0.326 e. The van der Waals surface area contributed by atoms with Crippen molar-refractivity contribution in [1.82, 2.24) is 16.0 Å². The predicted molar refractivity (Wildman–Crippen MR) is 122 cm³/mol. The van der Waals surface area contributed by atoms with Crippen molar-refractivity contribution in [3.8, 4) is 0 Å². The number of hydrogen-bond donors (Lipinski definition) is 8. The lowest BCUT2D eigenvalue weighted by Gasteiger charge is -2.23. The maximum Gasteiger partial charge on any atom is 0.326 e. The van der Waals surface area contributed by atoms with Gasteiger partial charge in [0, 0.05) is 6.54 Å². The second kappa shape index (κ2) is 14.8. The van der Waals surface area contributed by atoms with Crippen LogP contribution >= 0.6 is 0 Å². The van der Waals surface area contributed by atoms with Crippen LogP contribution in [-0.2, 0) is 20.8 Å². The van der Waals surface area contributed by atoms with Crippen LogP contribution < -0.4 is 33.2 Å². The minimum atomic E-state index is -1.15.